The van der Waals surface area contributed by atoms with Crippen molar-refractivity contribution >= 4 is 23.3 Å². The normalized spacial score (nSPS) is 21.9. The van der Waals surface area contributed by atoms with Crippen LogP contribution in [0.1, 0.15) is 37.0 Å². The lowest BCUT2D eigenvalue weighted by Gasteiger charge is -2.36. The number of halogens is 1. The Kier molecular flexibility index (Phi) is 4.02. The van der Waals surface area contributed by atoms with Gasteiger partial charge in [0.05, 0.1) is 16.2 Å². The molecular formula is C14H18ClNO3. The number of carboxylic acids is 1. The van der Waals surface area contributed by atoms with Crippen molar-refractivity contribution in [3.63, 3.8) is 0 Å². The van der Waals surface area contributed by atoms with Crippen molar-refractivity contribution < 1.29 is 14.6 Å². The van der Waals surface area contributed by atoms with Gasteiger partial charge in [0.15, 0.2) is 0 Å². The van der Waals surface area contributed by atoms with E-state index in [1.165, 1.54) is 0 Å². The molecule has 0 saturated carbocycles. The summed E-state index contributed by atoms with van der Waals surface area (Å²) in [7, 11) is 0. The second kappa shape index (κ2) is 5.39. The predicted molar refractivity (Wildman–Crippen MR) is 75.1 cm³/mol. The molecule has 1 aromatic carbocycles. The van der Waals surface area contributed by atoms with Crippen molar-refractivity contribution in [3.8, 4) is 0 Å². The minimum Gasteiger partial charge on any atom is -0.478 e. The minimum absolute atomic E-state index is 0.123. The van der Waals surface area contributed by atoms with E-state index in [-0.39, 0.29) is 22.2 Å². The number of ether oxygens (including phenoxy) is 1. The van der Waals surface area contributed by atoms with Crippen LogP contribution in [0, 0.1) is 0 Å². The summed E-state index contributed by atoms with van der Waals surface area (Å²) in [6.07, 6.45) is 1.80. The summed E-state index contributed by atoms with van der Waals surface area (Å²) in [4.78, 5) is 11.0. The highest BCUT2D eigenvalue weighted by Gasteiger charge is 2.28. The van der Waals surface area contributed by atoms with Crippen LogP contribution in [0.15, 0.2) is 18.2 Å². The molecule has 1 aliphatic rings. The van der Waals surface area contributed by atoms with Gasteiger partial charge < -0.3 is 15.2 Å². The fourth-order valence-corrected chi connectivity index (χ4v) is 2.57. The van der Waals surface area contributed by atoms with E-state index in [0.717, 1.165) is 18.5 Å². The molecule has 0 radical (unpaired) electrons. The molecule has 104 valence electrons. The average Bonchev–Trinajstić information content (AvgIpc) is 2.30. The third kappa shape index (κ3) is 3.61. The van der Waals surface area contributed by atoms with Crippen LogP contribution in [-0.2, 0) is 4.74 Å². The van der Waals surface area contributed by atoms with Crippen molar-refractivity contribution in [2.24, 2.45) is 0 Å². The van der Waals surface area contributed by atoms with Gasteiger partial charge in [-0.25, -0.2) is 4.79 Å². The first-order chi connectivity index (χ1) is 8.87. The standard InChI is InChI=1S/C14H18ClNO3/c1-14(2)8-10(5-6-19-14)16-9-3-4-12(15)11(7-9)13(17)18/h3-4,7,10,16H,5-6,8H2,1-2H3,(H,17,18). The molecule has 1 aliphatic heterocycles. The van der Waals surface area contributed by atoms with Crippen LogP contribution in [0.25, 0.3) is 0 Å². The molecule has 1 fully saturated rings. The maximum atomic E-state index is 11.0. The second-order valence-electron chi connectivity index (χ2n) is 5.44. The monoisotopic (exact) mass is 283 g/mol. The molecule has 1 heterocycles. The van der Waals surface area contributed by atoms with Crippen molar-refractivity contribution in [2.75, 3.05) is 11.9 Å². The van der Waals surface area contributed by atoms with E-state index in [1.54, 1.807) is 18.2 Å². The summed E-state index contributed by atoms with van der Waals surface area (Å²) >= 11 is 5.85. The minimum atomic E-state index is -1.01. The number of carboxylic acid groups (broad SMARTS) is 1. The van der Waals surface area contributed by atoms with Crippen molar-refractivity contribution in [1.82, 2.24) is 0 Å². The largest absolute Gasteiger partial charge is 0.478 e. The molecule has 2 N–H and O–H groups in total. The van der Waals surface area contributed by atoms with Crippen molar-refractivity contribution in [3.05, 3.63) is 28.8 Å². The zero-order valence-electron chi connectivity index (χ0n) is 11.1. The number of carbonyl (C=O) groups is 1. The number of benzene rings is 1. The van der Waals surface area contributed by atoms with E-state index < -0.39 is 5.97 Å². The summed E-state index contributed by atoms with van der Waals surface area (Å²) in [6, 6.07) is 5.27. The van der Waals surface area contributed by atoms with Crippen molar-refractivity contribution in [2.45, 2.75) is 38.3 Å². The van der Waals surface area contributed by atoms with Crippen LogP contribution in [0.4, 0.5) is 5.69 Å². The molecule has 19 heavy (non-hydrogen) atoms. The average molecular weight is 284 g/mol. The lowest BCUT2D eigenvalue weighted by molar-refractivity contribution is -0.0553. The molecule has 0 aliphatic carbocycles. The molecule has 1 saturated heterocycles. The third-order valence-corrected chi connectivity index (χ3v) is 3.59. The Bertz CT molecular complexity index is 488. The highest BCUT2D eigenvalue weighted by molar-refractivity contribution is 6.33. The van der Waals surface area contributed by atoms with Crippen molar-refractivity contribution in [1.29, 1.82) is 0 Å². The maximum Gasteiger partial charge on any atom is 0.337 e. The Balaban J connectivity index is 2.11. The van der Waals surface area contributed by atoms with Gasteiger partial charge in [-0.1, -0.05) is 11.6 Å². The van der Waals surface area contributed by atoms with E-state index in [9.17, 15) is 4.79 Å². The fraction of sp³-hybridized carbons (Fsp3) is 0.500. The van der Waals surface area contributed by atoms with Gasteiger partial charge in [0.1, 0.15) is 0 Å². The van der Waals surface area contributed by atoms with Gasteiger partial charge in [-0.15, -0.1) is 0 Å². The van der Waals surface area contributed by atoms with E-state index in [4.69, 9.17) is 21.4 Å². The van der Waals surface area contributed by atoms with E-state index in [1.807, 2.05) is 0 Å². The SMILES string of the molecule is CC1(C)CC(Nc2ccc(Cl)c(C(=O)O)c2)CCO1. The van der Waals surface area contributed by atoms with Crippen LogP contribution in [-0.4, -0.2) is 29.3 Å². The van der Waals surface area contributed by atoms with Crippen LogP contribution >= 0.6 is 11.6 Å². The summed E-state index contributed by atoms with van der Waals surface area (Å²) < 4.78 is 5.66. The zero-order chi connectivity index (χ0) is 14.0. The van der Waals surface area contributed by atoms with Gasteiger partial charge in [0.2, 0.25) is 0 Å². The first-order valence-electron chi connectivity index (χ1n) is 6.31. The Morgan fingerprint density at radius 2 is 2.26 bits per heavy atom. The summed E-state index contributed by atoms with van der Waals surface area (Å²) in [5, 5.41) is 12.7. The van der Waals surface area contributed by atoms with E-state index in [0.29, 0.717) is 6.61 Å². The third-order valence-electron chi connectivity index (χ3n) is 3.26. The van der Waals surface area contributed by atoms with Crippen LogP contribution < -0.4 is 5.32 Å². The van der Waals surface area contributed by atoms with Crippen LogP contribution in [0.2, 0.25) is 5.02 Å². The molecule has 1 unspecified atom stereocenters. The zero-order valence-corrected chi connectivity index (χ0v) is 11.8. The van der Waals surface area contributed by atoms with Crippen LogP contribution in [0.3, 0.4) is 0 Å². The number of nitrogens with one attached hydrogen (secondary N) is 1. The number of aromatic carboxylic acids is 1. The quantitative estimate of drug-likeness (QED) is 0.892. The first kappa shape index (κ1) is 14.2. The van der Waals surface area contributed by atoms with Gasteiger partial charge in [-0.3, -0.25) is 0 Å². The molecule has 1 aromatic rings. The number of anilines is 1. The van der Waals surface area contributed by atoms with Gasteiger partial charge >= 0.3 is 5.97 Å². The second-order valence-corrected chi connectivity index (χ2v) is 5.85. The fourth-order valence-electron chi connectivity index (χ4n) is 2.37. The number of hydrogen-bond donors (Lipinski definition) is 2. The lowest BCUT2D eigenvalue weighted by atomic mass is 9.94. The Morgan fingerprint density at radius 1 is 1.53 bits per heavy atom. The Morgan fingerprint density at radius 3 is 2.89 bits per heavy atom. The number of hydrogen-bond acceptors (Lipinski definition) is 3. The molecule has 2 rings (SSSR count). The predicted octanol–water partition coefficient (Wildman–Crippen LogP) is 3.41. The highest BCUT2D eigenvalue weighted by atomic mass is 35.5. The van der Waals surface area contributed by atoms with Gasteiger partial charge in [-0.2, -0.15) is 0 Å². The Hall–Kier alpha value is -1.26. The van der Waals surface area contributed by atoms with Gasteiger partial charge in [-0.05, 0) is 44.9 Å². The van der Waals surface area contributed by atoms with E-state index >= 15 is 0 Å². The Labute approximate surface area is 117 Å². The molecule has 0 spiro atoms. The number of rotatable bonds is 3. The first-order valence-corrected chi connectivity index (χ1v) is 6.68. The topological polar surface area (TPSA) is 58.6 Å². The highest BCUT2D eigenvalue weighted by Crippen LogP contribution is 2.27. The lowest BCUT2D eigenvalue weighted by Crippen LogP contribution is -2.40. The van der Waals surface area contributed by atoms with Gasteiger partial charge in [0.25, 0.3) is 0 Å². The summed E-state index contributed by atoms with van der Waals surface area (Å²) in [5.74, 6) is -1.01. The summed E-state index contributed by atoms with van der Waals surface area (Å²) in [5.41, 5.74) is 0.764. The summed E-state index contributed by atoms with van der Waals surface area (Å²) in [6.45, 7) is 4.83. The molecular weight excluding hydrogens is 266 g/mol. The molecule has 0 bridgehead atoms. The molecule has 0 aromatic heterocycles. The smallest absolute Gasteiger partial charge is 0.337 e. The van der Waals surface area contributed by atoms with Crippen LogP contribution in [0.5, 0.6) is 0 Å². The molecule has 0 amide bonds. The molecule has 5 heteroatoms. The van der Waals surface area contributed by atoms with E-state index in [2.05, 4.69) is 19.2 Å². The molecule has 4 nitrogen and oxygen atoms in total. The maximum absolute atomic E-state index is 11.0. The van der Waals surface area contributed by atoms with Gasteiger partial charge in [0, 0.05) is 18.3 Å². The molecule has 1 atom stereocenters.